The van der Waals surface area contributed by atoms with Crippen LogP contribution < -0.4 is 5.32 Å². The summed E-state index contributed by atoms with van der Waals surface area (Å²) in [4.78, 5) is 31.8. The quantitative estimate of drug-likeness (QED) is 0.738. The minimum Gasteiger partial charge on any atom is -0.354 e. The van der Waals surface area contributed by atoms with Crippen LogP contribution in [-0.2, 0) is 26.0 Å². The number of rotatable bonds is 5. The van der Waals surface area contributed by atoms with Crippen molar-refractivity contribution in [3.8, 4) is 0 Å². The van der Waals surface area contributed by atoms with Crippen molar-refractivity contribution in [1.82, 2.24) is 19.5 Å². The lowest BCUT2D eigenvalue weighted by atomic mass is 9.72. The summed E-state index contributed by atoms with van der Waals surface area (Å²) in [5.41, 5.74) is 0. The maximum absolute atomic E-state index is 13.1. The summed E-state index contributed by atoms with van der Waals surface area (Å²) in [6, 6.07) is -0.633. The average Bonchev–Trinajstić information content (AvgIpc) is 3.15. The zero-order valence-corrected chi connectivity index (χ0v) is 17.5. The lowest BCUT2D eigenvalue weighted by Gasteiger charge is -2.55. The Bertz CT molecular complexity index is 842. The van der Waals surface area contributed by atoms with E-state index in [9.17, 15) is 18.0 Å². The Morgan fingerprint density at radius 1 is 1.36 bits per heavy atom. The van der Waals surface area contributed by atoms with Crippen molar-refractivity contribution in [2.45, 2.75) is 44.2 Å². The van der Waals surface area contributed by atoms with Crippen LogP contribution in [0.15, 0.2) is 11.6 Å². The van der Waals surface area contributed by atoms with Crippen molar-refractivity contribution in [3.63, 3.8) is 0 Å². The van der Waals surface area contributed by atoms with E-state index in [2.05, 4.69) is 10.3 Å². The molecule has 10 heteroatoms. The maximum atomic E-state index is 13.1. The van der Waals surface area contributed by atoms with Gasteiger partial charge in [-0.3, -0.25) is 9.59 Å². The van der Waals surface area contributed by atoms with Crippen LogP contribution in [0.3, 0.4) is 0 Å². The average molecular weight is 427 g/mol. The van der Waals surface area contributed by atoms with Gasteiger partial charge in [-0.05, 0) is 25.2 Å². The predicted octanol–water partition coefficient (Wildman–Crippen LogP) is 0.463. The molecule has 3 fully saturated rings. The number of aromatic nitrogens is 1. The fourth-order valence-corrected chi connectivity index (χ4v) is 6.54. The molecule has 1 N–H and O–H groups in total. The molecule has 0 saturated carbocycles. The molecule has 3 aliphatic heterocycles. The molecule has 2 amide bonds. The highest BCUT2D eigenvalue weighted by atomic mass is 32.2. The third-order valence-electron chi connectivity index (χ3n) is 6.17. The van der Waals surface area contributed by atoms with Gasteiger partial charge in [0, 0.05) is 56.0 Å². The van der Waals surface area contributed by atoms with E-state index < -0.39 is 16.1 Å². The van der Waals surface area contributed by atoms with Gasteiger partial charge in [-0.25, -0.2) is 17.7 Å². The summed E-state index contributed by atoms with van der Waals surface area (Å²) in [7, 11) is -3.32. The molecule has 4 atom stereocenters. The number of piperidine rings is 3. The second-order valence-electron chi connectivity index (χ2n) is 8.01. The van der Waals surface area contributed by atoms with Gasteiger partial charge in [0.2, 0.25) is 21.8 Å². The summed E-state index contributed by atoms with van der Waals surface area (Å²) in [6.45, 7) is 1.21. The van der Waals surface area contributed by atoms with Crippen molar-refractivity contribution < 1.29 is 18.0 Å². The Kier molecular flexibility index (Phi) is 5.45. The lowest BCUT2D eigenvalue weighted by Crippen LogP contribution is -2.68. The maximum Gasteiger partial charge on any atom is 0.243 e. The Balaban J connectivity index is 1.53. The van der Waals surface area contributed by atoms with E-state index in [-0.39, 0.29) is 29.7 Å². The van der Waals surface area contributed by atoms with Gasteiger partial charge in [-0.15, -0.1) is 11.3 Å². The van der Waals surface area contributed by atoms with Crippen molar-refractivity contribution in [2.75, 3.05) is 25.9 Å². The highest BCUT2D eigenvalue weighted by molar-refractivity contribution is 7.88. The zero-order chi connectivity index (χ0) is 19.9. The van der Waals surface area contributed by atoms with E-state index in [1.165, 1.54) is 10.6 Å². The highest BCUT2D eigenvalue weighted by Crippen LogP contribution is 2.42. The van der Waals surface area contributed by atoms with Crippen LogP contribution in [-0.4, -0.2) is 72.4 Å². The van der Waals surface area contributed by atoms with Gasteiger partial charge >= 0.3 is 0 Å². The van der Waals surface area contributed by atoms with Gasteiger partial charge in [0.25, 0.3) is 0 Å². The standard InChI is InChI=1S/C18H26N4O4S2/c1-28(25,26)21-10-12-9-13(11-21)17(22-14(12)3-2-4-16(22)23)18(24)20-6-5-15-19-7-8-27-15/h7-8,12-14,17H,2-6,9-11H2,1H3,(H,20,24)/t12-,13+,14-,17+/m0/s1. The summed E-state index contributed by atoms with van der Waals surface area (Å²) < 4.78 is 25.8. The SMILES string of the molecule is CS(=O)(=O)N1C[C@@H]2C[C@H](C1)[C@H](C(=O)NCCc1nccs1)N1C(=O)CCC[C@@H]21. The van der Waals surface area contributed by atoms with Gasteiger partial charge in [-0.1, -0.05) is 0 Å². The van der Waals surface area contributed by atoms with E-state index in [1.807, 2.05) is 5.38 Å². The summed E-state index contributed by atoms with van der Waals surface area (Å²) in [5.74, 6) is -0.196. The number of nitrogens with one attached hydrogen (secondary N) is 1. The molecule has 3 aliphatic rings. The Morgan fingerprint density at radius 2 is 2.14 bits per heavy atom. The molecule has 28 heavy (non-hydrogen) atoms. The molecule has 8 nitrogen and oxygen atoms in total. The van der Waals surface area contributed by atoms with Crippen LogP contribution in [0.1, 0.15) is 30.7 Å². The highest BCUT2D eigenvalue weighted by Gasteiger charge is 2.52. The van der Waals surface area contributed by atoms with E-state index in [0.29, 0.717) is 32.5 Å². The van der Waals surface area contributed by atoms with Gasteiger partial charge in [-0.2, -0.15) is 0 Å². The number of carbonyl (C=O) groups is 2. The van der Waals surface area contributed by atoms with E-state index in [4.69, 9.17) is 0 Å². The van der Waals surface area contributed by atoms with Gasteiger partial charge in [0.05, 0.1) is 11.3 Å². The molecule has 1 aromatic heterocycles. The van der Waals surface area contributed by atoms with Gasteiger partial charge < -0.3 is 10.2 Å². The molecule has 0 unspecified atom stereocenters. The normalized spacial score (nSPS) is 30.8. The van der Waals surface area contributed by atoms with Gasteiger partial charge in [0.1, 0.15) is 6.04 Å². The molecule has 0 radical (unpaired) electrons. The third-order valence-corrected chi connectivity index (χ3v) is 8.24. The first-order valence-electron chi connectivity index (χ1n) is 9.77. The molecule has 4 heterocycles. The minimum absolute atomic E-state index is 0.0267. The van der Waals surface area contributed by atoms with Crippen LogP contribution >= 0.6 is 11.3 Å². The number of hydrogen-bond donors (Lipinski definition) is 1. The van der Waals surface area contributed by atoms with Crippen LogP contribution in [0.25, 0.3) is 0 Å². The summed E-state index contributed by atoms with van der Waals surface area (Å²) in [5, 5.41) is 5.82. The third kappa shape index (κ3) is 3.81. The van der Waals surface area contributed by atoms with E-state index in [1.54, 1.807) is 22.4 Å². The molecular formula is C18H26N4O4S2. The summed E-state index contributed by atoms with van der Waals surface area (Å²) >= 11 is 1.55. The van der Waals surface area contributed by atoms with Crippen LogP contribution in [0.4, 0.5) is 0 Å². The van der Waals surface area contributed by atoms with Gasteiger partial charge in [0.15, 0.2) is 0 Å². The Hall–Kier alpha value is -1.52. The minimum atomic E-state index is -3.32. The molecule has 2 bridgehead atoms. The molecule has 1 aromatic rings. The van der Waals surface area contributed by atoms with Crippen molar-refractivity contribution >= 4 is 33.2 Å². The van der Waals surface area contributed by atoms with E-state index >= 15 is 0 Å². The van der Waals surface area contributed by atoms with Crippen molar-refractivity contribution in [3.05, 3.63) is 16.6 Å². The van der Waals surface area contributed by atoms with Crippen LogP contribution in [0, 0.1) is 11.8 Å². The predicted molar refractivity (Wildman–Crippen MR) is 105 cm³/mol. The molecule has 4 rings (SSSR count). The monoisotopic (exact) mass is 426 g/mol. The Morgan fingerprint density at radius 3 is 2.86 bits per heavy atom. The Labute approximate surface area is 169 Å². The summed E-state index contributed by atoms with van der Waals surface area (Å²) in [6.07, 6.45) is 6.51. The second-order valence-corrected chi connectivity index (χ2v) is 11.0. The molecule has 0 aliphatic carbocycles. The van der Waals surface area contributed by atoms with Crippen molar-refractivity contribution in [1.29, 1.82) is 0 Å². The molecule has 0 aromatic carbocycles. The molecular weight excluding hydrogens is 400 g/mol. The number of carbonyl (C=O) groups excluding carboxylic acids is 2. The number of amides is 2. The van der Waals surface area contributed by atoms with Crippen molar-refractivity contribution in [2.24, 2.45) is 11.8 Å². The number of nitrogens with zero attached hydrogens (tertiary/aromatic N) is 3. The number of sulfonamides is 1. The number of thiazole rings is 1. The number of hydrogen-bond acceptors (Lipinski definition) is 6. The fraction of sp³-hybridized carbons (Fsp3) is 0.722. The topological polar surface area (TPSA) is 99.7 Å². The molecule has 0 spiro atoms. The molecule has 154 valence electrons. The first-order chi connectivity index (χ1) is 13.3. The first-order valence-corrected chi connectivity index (χ1v) is 12.5. The van der Waals surface area contributed by atoms with Crippen LogP contribution in [0.2, 0.25) is 0 Å². The smallest absolute Gasteiger partial charge is 0.243 e. The largest absolute Gasteiger partial charge is 0.354 e. The fourth-order valence-electron chi connectivity index (χ4n) is 4.99. The zero-order valence-electron chi connectivity index (χ0n) is 15.9. The second kappa shape index (κ2) is 7.72. The number of fused-ring (bicyclic) bond motifs is 4. The lowest BCUT2D eigenvalue weighted by molar-refractivity contribution is -0.158. The van der Waals surface area contributed by atoms with Crippen LogP contribution in [0.5, 0.6) is 0 Å². The van der Waals surface area contributed by atoms with E-state index in [0.717, 1.165) is 24.3 Å². The molecule has 3 saturated heterocycles. The first kappa shape index (κ1) is 19.8.